The Morgan fingerprint density at radius 1 is 1.10 bits per heavy atom. The van der Waals surface area contributed by atoms with Gasteiger partial charge in [-0.1, -0.05) is 38.5 Å². The van der Waals surface area contributed by atoms with Gasteiger partial charge >= 0.3 is 5.97 Å². The molecule has 1 saturated heterocycles. The molecule has 0 aromatic heterocycles. The average Bonchev–Trinajstić information content (AvgIpc) is 3.53. The lowest BCUT2D eigenvalue weighted by atomic mass is 9.76. The predicted octanol–water partition coefficient (Wildman–Crippen LogP) is 6.80. The second-order valence-corrected chi connectivity index (χ2v) is 13.2. The van der Waals surface area contributed by atoms with Crippen LogP contribution in [-0.4, -0.2) is 46.9 Å². The molecule has 1 amide bonds. The van der Waals surface area contributed by atoms with Crippen LogP contribution in [0.3, 0.4) is 0 Å². The molecule has 228 valence electrons. The van der Waals surface area contributed by atoms with E-state index in [1.165, 1.54) is 6.07 Å². The van der Waals surface area contributed by atoms with Gasteiger partial charge in [0.15, 0.2) is 0 Å². The third kappa shape index (κ3) is 5.67. The topological polar surface area (TPSA) is 87.7 Å². The van der Waals surface area contributed by atoms with Crippen molar-refractivity contribution in [2.45, 2.75) is 120 Å². The van der Waals surface area contributed by atoms with Crippen molar-refractivity contribution in [3.63, 3.8) is 0 Å². The number of amides is 1. The number of benzene rings is 2. The molecule has 2 aromatic carbocycles. The first-order valence-electron chi connectivity index (χ1n) is 15.5. The van der Waals surface area contributed by atoms with Crippen molar-refractivity contribution in [2.75, 3.05) is 6.54 Å². The van der Waals surface area contributed by atoms with Gasteiger partial charge < -0.3 is 20.5 Å². The minimum Gasteiger partial charge on any atom is -0.490 e. The molecule has 6 nitrogen and oxygen atoms in total. The molecule has 0 bridgehead atoms. The van der Waals surface area contributed by atoms with Crippen LogP contribution in [0.5, 0.6) is 5.75 Å². The maximum Gasteiger partial charge on any atom is 0.313 e. The Labute approximate surface area is 247 Å². The number of carboxylic acids is 1. The molecule has 0 unspecified atom stereocenters. The number of carbonyl (C=O) groups excluding carboxylic acids is 1. The maximum atomic E-state index is 15.7. The molecule has 2 aromatic rings. The monoisotopic (exact) mass is 582 g/mol. The fraction of sp³-hybridized carbons (Fsp3) is 0.588. The zero-order chi connectivity index (χ0) is 30.3. The summed E-state index contributed by atoms with van der Waals surface area (Å²) in [5.74, 6) is -1.09. The normalized spacial score (nSPS) is 25.7. The third-order valence-electron chi connectivity index (χ3n) is 10.2. The molecular formula is C34H44F2N2O4. The molecule has 42 heavy (non-hydrogen) atoms. The number of hydrogen-bond donors (Lipinski definition) is 3. The number of halogens is 2. The smallest absolute Gasteiger partial charge is 0.313 e. The summed E-state index contributed by atoms with van der Waals surface area (Å²) in [5, 5.41) is 16.1. The van der Waals surface area contributed by atoms with E-state index in [0.717, 1.165) is 37.7 Å². The van der Waals surface area contributed by atoms with Crippen molar-refractivity contribution in [1.29, 1.82) is 0 Å². The molecule has 3 aliphatic rings. The quantitative estimate of drug-likeness (QED) is 0.287. The van der Waals surface area contributed by atoms with Gasteiger partial charge in [-0.25, -0.2) is 8.78 Å². The number of rotatable bonds is 10. The Morgan fingerprint density at radius 3 is 2.45 bits per heavy atom. The number of carboxylic acid groups (broad SMARTS) is 1. The van der Waals surface area contributed by atoms with E-state index in [4.69, 9.17) is 4.74 Å². The number of nitrogens with one attached hydrogen (secondary N) is 2. The van der Waals surface area contributed by atoms with Gasteiger partial charge in [0.1, 0.15) is 17.7 Å². The van der Waals surface area contributed by atoms with Crippen LogP contribution >= 0.6 is 0 Å². The Balaban J connectivity index is 1.37. The highest BCUT2D eigenvalue weighted by atomic mass is 19.1. The van der Waals surface area contributed by atoms with Gasteiger partial charge in [-0.05, 0) is 93.2 Å². The Bertz CT molecular complexity index is 1340. The Kier molecular flexibility index (Phi) is 8.40. The number of hydrogen-bond acceptors (Lipinski definition) is 4. The van der Waals surface area contributed by atoms with Gasteiger partial charge in [0.25, 0.3) is 5.91 Å². The minimum atomic E-state index is -1.93. The van der Waals surface area contributed by atoms with Crippen LogP contribution in [0.2, 0.25) is 0 Å². The van der Waals surface area contributed by atoms with Crippen molar-refractivity contribution in [3.8, 4) is 16.9 Å². The molecule has 2 aliphatic carbocycles. The van der Waals surface area contributed by atoms with Gasteiger partial charge in [-0.2, -0.15) is 0 Å². The van der Waals surface area contributed by atoms with Crippen LogP contribution in [0.1, 0.15) is 103 Å². The van der Waals surface area contributed by atoms with E-state index < -0.39 is 23.0 Å². The van der Waals surface area contributed by atoms with E-state index in [-0.39, 0.29) is 42.4 Å². The summed E-state index contributed by atoms with van der Waals surface area (Å²) in [6.45, 7) is 7.36. The van der Waals surface area contributed by atoms with Crippen LogP contribution in [0.4, 0.5) is 8.78 Å². The highest BCUT2D eigenvalue weighted by Gasteiger charge is 2.52. The predicted molar refractivity (Wildman–Crippen MR) is 159 cm³/mol. The summed E-state index contributed by atoms with van der Waals surface area (Å²) in [7, 11) is 0. The van der Waals surface area contributed by atoms with Crippen molar-refractivity contribution < 1.29 is 28.2 Å². The highest BCUT2D eigenvalue weighted by Crippen LogP contribution is 2.46. The van der Waals surface area contributed by atoms with E-state index in [2.05, 4.69) is 10.6 Å². The molecule has 1 heterocycles. The standard InChI is InChI=1S/C34H44F2N2O4/c1-5-33(6-2)19-34(36,20-37-33)30(39)38-23-14-15-24(18-23)42-28-16-13-22(32(3,4)31(40)41)17-26(28)25-11-8-12-27(35)29(25)21-9-7-10-21/h8,11-13,16-17,21,23-24,37H,5-7,9-10,14-15,18-20H2,1-4H3,(H,38,39)(H,40,41)/t23-,24-,34+/m1/s1. The fourth-order valence-corrected chi connectivity index (χ4v) is 6.81. The number of carbonyl (C=O) groups is 2. The summed E-state index contributed by atoms with van der Waals surface area (Å²) in [6, 6.07) is 10.2. The second-order valence-electron chi connectivity index (χ2n) is 13.2. The van der Waals surface area contributed by atoms with Gasteiger partial charge in [-0.3, -0.25) is 9.59 Å². The summed E-state index contributed by atoms with van der Waals surface area (Å²) >= 11 is 0. The molecule has 0 spiro atoms. The molecule has 3 N–H and O–H groups in total. The number of alkyl halides is 1. The van der Waals surface area contributed by atoms with E-state index >= 15 is 8.78 Å². The number of ether oxygens (including phenoxy) is 1. The summed E-state index contributed by atoms with van der Waals surface area (Å²) in [4.78, 5) is 25.1. The largest absolute Gasteiger partial charge is 0.490 e. The molecular weight excluding hydrogens is 538 g/mol. The zero-order valence-electron chi connectivity index (χ0n) is 25.2. The van der Waals surface area contributed by atoms with Gasteiger partial charge in [0.05, 0.1) is 5.41 Å². The molecule has 3 fully saturated rings. The van der Waals surface area contributed by atoms with Crippen LogP contribution in [0.15, 0.2) is 36.4 Å². The molecule has 0 radical (unpaired) electrons. The van der Waals surface area contributed by atoms with Crippen molar-refractivity contribution >= 4 is 11.9 Å². The SMILES string of the molecule is CCC1(CC)C[C@@](F)(C(=O)N[C@@H]2CC[C@@H](Oc3ccc(C(C)(C)C(=O)O)cc3-c3cccc(F)c3C3CCC3)C2)CN1. The Morgan fingerprint density at radius 2 is 1.83 bits per heavy atom. The zero-order valence-corrected chi connectivity index (χ0v) is 25.2. The van der Waals surface area contributed by atoms with Crippen LogP contribution in [0, 0.1) is 5.82 Å². The lowest BCUT2D eigenvalue weighted by Crippen LogP contribution is -2.48. The summed E-state index contributed by atoms with van der Waals surface area (Å²) in [6.07, 6.45) is 6.23. The van der Waals surface area contributed by atoms with Gasteiger partial charge in [0, 0.05) is 36.5 Å². The van der Waals surface area contributed by atoms with E-state index in [1.54, 1.807) is 32.0 Å². The third-order valence-corrected chi connectivity index (χ3v) is 10.2. The summed E-state index contributed by atoms with van der Waals surface area (Å²) in [5.41, 5.74) is -0.768. The molecule has 2 saturated carbocycles. The van der Waals surface area contributed by atoms with Crippen molar-refractivity contribution in [2.24, 2.45) is 0 Å². The lowest BCUT2D eigenvalue weighted by molar-refractivity contribution is -0.142. The molecule has 1 aliphatic heterocycles. The fourth-order valence-electron chi connectivity index (χ4n) is 6.81. The lowest BCUT2D eigenvalue weighted by Gasteiger charge is -2.30. The van der Waals surface area contributed by atoms with Gasteiger partial charge in [0.2, 0.25) is 5.67 Å². The van der Waals surface area contributed by atoms with Crippen molar-refractivity contribution in [3.05, 3.63) is 53.3 Å². The van der Waals surface area contributed by atoms with Crippen LogP contribution < -0.4 is 15.4 Å². The summed E-state index contributed by atoms with van der Waals surface area (Å²) < 4.78 is 37.4. The number of aliphatic carboxylic acids is 1. The minimum absolute atomic E-state index is 0.0204. The molecule has 3 atom stereocenters. The molecule has 5 rings (SSSR count). The first kappa shape index (κ1) is 30.5. The van der Waals surface area contributed by atoms with Crippen molar-refractivity contribution in [1.82, 2.24) is 10.6 Å². The van der Waals surface area contributed by atoms with Crippen LogP contribution in [0.25, 0.3) is 11.1 Å². The average molecular weight is 583 g/mol. The van der Waals surface area contributed by atoms with E-state index in [1.807, 2.05) is 26.0 Å². The van der Waals surface area contributed by atoms with Crippen LogP contribution in [-0.2, 0) is 15.0 Å². The Hall–Kier alpha value is -3.00. The van der Waals surface area contributed by atoms with Gasteiger partial charge in [-0.15, -0.1) is 0 Å². The highest BCUT2D eigenvalue weighted by molar-refractivity contribution is 5.86. The molecule has 8 heteroatoms. The second kappa shape index (κ2) is 11.6. The first-order valence-corrected chi connectivity index (χ1v) is 15.5. The van der Waals surface area contributed by atoms with E-state index in [9.17, 15) is 14.7 Å². The van der Waals surface area contributed by atoms with E-state index in [0.29, 0.717) is 41.7 Å². The first-order chi connectivity index (χ1) is 19.9. The maximum absolute atomic E-state index is 15.7.